The van der Waals surface area contributed by atoms with E-state index in [-0.39, 0.29) is 11.4 Å². The molecule has 7 heteroatoms. The van der Waals surface area contributed by atoms with Gasteiger partial charge in [-0.1, -0.05) is 11.2 Å². The molecular weight excluding hydrogens is 205 g/mol. The molecule has 15 heavy (non-hydrogen) atoms. The average Bonchev–Trinajstić information content (AvgIpc) is 2.70. The zero-order valence-corrected chi connectivity index (χ0v) is 7.25. The quantitative estimate of drug-likeness (QED) is 0.556. The molecule has 0 amide bonds. The first-order valence-electron chi connectivity index (χ1n) is 3.90. The van der Waals surface area contributed by atoms with Crippen molar-refractivity contribution in [3.63, 3.8) is 0 Å². The molecule has 0 aliphatic rings. The minimum Gasteiger partial charge on any atom is -0.342 e. The first-order valence-corrected chi connectivity index (χ1v) is 3.90. The van der Waals surface area contributed by atoms with Crippen molar-refractivity contribution in [1.29, 1.82) is 0 Å². The summed E-state index contributed by atoms with van der Waals surface area (Å²) in [5.74, 6) is -0.986. The van der Waals surface area contributed by atoms with Gasteiger partial charge < -0.3 is 4.52 Å². The predicted octanol–water partition coefficient (Wildman–Crippen LogP) is 1.78. The van der Waals surface area contributed by atoms with E-state index in [0.717, 1.165) is 12.5 Å². The van der Waals surface area contributed by atoms with Gasteiger partial charge in [-0.3, -0.25) is 10.1 Å². The van der Waals surface area contributed by atoms with Crippen LogP contribution >= 0.6 is 0 Å². The Kier molecular flexibility index (Phi) is 2.13. The van der Waals surface area contributed by atoms with E-state index in [4.69, 9.17) is 0 Å². The molecule has 0 saturated carbocycles. The van der Waals surface area contributed by atoms with Crippen molar-refractivity contribution >= 4 is 5.69 Å². The Labute approximate surface area is 82.5 Å². The normalized spacial score (nSPS) is 10.2. The van der Waals surface area contributed by atoms with Gasteiger partial charge in [-0.25, -0.2) is 0 Å². The second-order valence-electron chi connectivity index (χ2n) is 2.65. The van der Waals surface area contributed by atoms with E-state index in [1.54, 1.807) is 0 Å². The second-order valence-corrected chi connectivity index (χ2v) is 2.65. The fourth-order valence-corrected chi connectivity index (χ4v) is 1.12. The Morgan fingerprint density at radius 1 is 1.47 bits per heavy atom. The molecule has 0 radical (unpaired) electrons. The fourth-order valence-electron chi connectivity index (χ4n) is 1.12. The number of nitrogens with zero attached hydrogens (tertiary/aromatic N) is 3. The van der Waals surface area contributed by atoms with Gasteiger partial charge in [-0.2, -0.15) is 9.37 Å². The van der Waals surface area contributed by atoms with Gasteiger partial charge in [0.2, 0.25) is 18.0 Å². The van der Waals surface area contributed by atoms with Crippen LogP contribution in [0.25, 0.3) is 11.4 Å². The minimum atomic E-state index is -0.969. The maximum atomic E-state index is 13.5. The highest BCUT2D eigenvalue weighted by atomic mass is 19.1. The van der Waals surface area contributed by atoms with Crippen molar-refractivity contribution in [1.82, 2.24) is 10.1 Å². The van der Waals surface area contributed by atoms with Crippen LogP contribution in [0.15, 0.2) is 29.1 Å². The van der Waals surface area contributed by atoms with Crippen LogP contribution in [0.4, 0.5) is 10.1 Å². The summed E-state index contributed by atoms with van der Waals surface area (Å²) in [6.07, 6.45) is 1.02. The SMILES string of the molecule is O=[N+]([O-])c1cccc(-c2ncon2)c1F. The summed E-state index contributed by atoms with van der Waals surface area (Å²) in [4.78, 5) is 13.2. The van der Waals surface area contributed by atoms with E-state index in [1.807, 2.05) is 0 Å². The molecular formula is C8H4FN3O3. The molecule has 2 aromatic rings. The zero-order chi connectivity index (χ0) is 10.8. The maximum Gasteiger partial charge on any atom is 0.305 e. The van der Waals surface area contributed by atoms with E-state index >= 15 is 0 Å². The Balaban J connectivity index is 2.59. The van der Waals surface area contributed by atoms with E-state index in [0.29, 0.717) is 0 Å². The first kappa shape index (κ1) is 9.25. The number of halogens is 1. The first-order chi connectivity index (χ1) is 7.20. The third-order valence-electron chi connectivity index (χ3n) is 1.78. The highest BCUT2D eigenvalue weighted by molar-refractivity contribution is 5.59. The lowest BCUT2D eigenvalue weighted by Crippen LogP contribution is -1.95. The second kappa shape index (κ2) is 3.45. The molecule has 1 aromatic heterocycles. The molecule has 1 heterocycles. The summed E-state index contributed by atoms with van der Waals surface area (Å²) in [6, 6.07) is 3.76. The molecule has 6 nitrogen and oxygen atoms in total. The fraction of sp³-hybridized carbons (Fsp3) is 0. The molecule has 0 saturated heterocycles. The van der Waals surface area contributed by atoms with Crippen LogP contribution < -0.4 is 0 Å². The summed E-state index contributed by atoms with van der Waals surface area (Å²) in [5.41, 5.74) is -0.671. The standard InChI is InChI=1S/C8H4FN3O3/c9-7-5(8-10-4-15-11-8)2-1-3-6(7)12(13)14/h1-4H. The predicted molar refractivity (Wildman–Crippen MR) is 46.3 cm³/mol. The summed E-state index contributed by atoms with van der Waals surface area (Å²) < 4.78 is 17.9. The van der Waals surface area contributed by atoms with Gasteiger partial charge in [-0.05, 0) is 6.07 Å². The van der Waals surface area contributed by atoms with Crippen molar-refractivity contribution in [2.24, 2.45) is 0 Å². The lowest BCUT2D eigenvalue weighted by atomic mass is 10.2. The molecule has 0 spiro atoms. The van der Waals surface area contributed by atoms with Crippen LogP contribution in [0.3, 0.4) is 0 Å². The molecule has 0 atom stereocenters. The molecule has 1 aromatic carbocycles. The smallest absolute Gasteiger partial charge is 0.305 e. The monoisotopic (exact) mass is 209 g/mol. The van der Waals surface area contributed by atoms with E-state index in [1.165, 1.54) is 12.1 Å². The molecule has 0 bridgehead atoms. The summed E-state index contributed by atoms with van der Waals surface area (Å²) >= 11 is 0. The van der Waals surface area contributed by atoms with Crippen molar-refractivity contribution in [3.05, 3.63) is 40.5 Å². The minimum absolute atomic E-state index is 0.0174. The maximum absolute atomic E-state index is 13.5. The van der Waals surface area contributed by atoms with Crippen LogP contribution in [0.1, 0.15) is 0 Å². The number of nitro benzene ring substituents is 1. The summed E-state index contributed by atoms with van der Waals surface area (Å²) in [5, 5.41) is 13.8. The summed E-state index contributed by atoms with van der Waals surface area (Å²) in [6.45, 7) is 0. The highest BCUT2D eigenvalue weighted by Gasteiger charge is 2.20. The molecule has 0 N–H and O–H groups in total. The number of hydrogen-bond donors (Lipinski definition) is 0. The largest absolute Gasteiger partial charge is 0.342 e. The van der Waals surface area contributed by atoms with Gasteiger partial charge in [0.15, 0.2) is 0 Å². The number of aromatic nitrogens is 2. The van der Waals surface area contributed by atoms with Crippen LogP contribution in [0.2, 0.25) is 0 Å². The average molecular weight is 209 g/mol. The molecule has 0 aliphatic carbocycles. The third-order valence-corrected chi connectivity index (χ3v) is 1.78. The zero-order valence-electron chi connectivity index (χ0n) is 7.25. The Morgan fingerprint density at radius 3 is 2.87 bits per heavy atom. The Hall–Kier alpha value is -2.31. The van der Waals surface area contributed by atoms with Crippen molar-refractivity contribution < 1.29 is 13.8 Å². The molecule has 76 valence electrons. The number of nitro groups is 1. The molecule has 0 fully saturated rings. The molecule has 2 rings (SSSR count). The number of benzene rings is 1. The van der Waals surface area contributed by atoms with Crippen molar-refractivity contribution in [2.75, 3.05) is 0 Å². The number of hydrogen-bond acceptors (Lipinski definition) is 5. The van der Waals surface area contributed by atoms with Gasteiger partial charge in [0.1, 0.15) is 0 Å². The Morgan fingerprint density at radius 2 is 2.27 bits per heavy atom. The van der Waals surface area contributed by atoms with Crippen molar-refractivity contribution in [3.8, 4) is 11.4 Å². The van der Waals surface area contributed by atoms with Gasteiger partial charge in [0, 0.05) is 6.07 Å². The van der Waals surface area contributed by atoms with Crippen LogP contribution in [-0.4, -0.2) is 15.1 Å². The van der Waals surface area contributed by atoms with E-state index < -0.39 is 16.4 Å². The van der Waals surface area contributed by atoms with Crippen LogP contribution in [0, 0.1) is 15.9 Å². The topological polar surface area (TPSA) is 82.1 Å². The van der Waals surface area contributed by atoms with Gasteiger partial charge in [0.05, 0.1) is 10.5 Å². The lowest BCUT2D eigenvalue weighted by Gasteiger charge is -1.97. The van der Waals surface area contributed by atoms with Crippen LogP contribution in [-0.2, 0) is 0 Å². The van der Waals surface area contributed by atoms with Crippen molar-refractivity contribution in [2.45, 2.75) is 0 Å². The Bertz CT molecular complexity index is 498. The van der Waals surface area contributed by atoms with Crippen LogP contribution in [0.5, 0.6) is 0 Å². The lowest BCUT2D eigenvalue weighted by molar-refractivity contribution is -0.387. The van der Waals surface area contributed by atoms with Gasteiger partial charge in [0.25, 0.3) is 0 Å². The summed E-state index contributed by atoms with van der Waals surface area (Å²) in [7, 11) is 0. The number of rotatable bonds is 2. The highest BCUT2D eigenvalue weighted by Crippen LogP contribution is 2.26. The molecule has 0 aliphatic heterocycles. The van der Waals surface area contributed by atoms with Gasteiger partial charge in [-0.15, -0.1) is 0 Å². The van der Waals surface area contributed by atoms with E-state index in [9.17, 15) is 14.5 Å². The van der Waals surface area contributed by atoms with Gasteiger partial charge >= 0.3 is 5.69 Å². The van der Waals surface area contributed by atoms with E-state index in [2.05, 4.69) is 14.7 Å². The molecule has 0 unspecified atom stereocenters. The third kappa shape index (κ3) is 1.54.